The van der Waals surface area contributed by atoms with E-state index in [1.54, 1.807) is 0 Å². The van der Waals surface area contributed by atoms with E-state index in [9.17, 15) is 8.78 Å². The SMILES string of the molecule is CCCNC1CC(Oc2cccc(F)c2F)C1OCC. The van der Waals surface area contributed by atoms with Crippen molar-refractivity contribution in [1.82, 2.24) is 5.32 Å². The molecule has 1 fully saturated rings. The van der Waals surface area contributed by atoms with Crippen molar-refractivity contribution >= 4 is 0 Å². The summed E-state index contributed by atoms with van der Waals surface area (Å²) in [5.41, 5.74) is 0. The van der Waals surface area contributed by atoms with Crippen LogP contribution in [-0.4, -0.2) is 31.4 Å². The molecule has 2 rings (SSSR count). The van der Waals surface area contributed by atoms with Gasteiger partial charge in [-0.3, -0.25) is 0 Å². The molecule has 0 heterocycles. The molecule has 3 nitrogen and oxygen atoms in total. The van der Waals surface area contributed by atoms with Gasteiger partial charge in [0.15, 0.2) is 11.6 Å². The molecule has 1 aromatic carbocycles. The largest absolute Gasteiger partial charge is 0.484 e. The third-order valence-electron chi connectivity index (χ3n) is 3.46. The standard InChI is InChI=1S/C15H21F2NO2/c1-3-8-18-11-9-13(15(11)19-4-2)20-12-7-5-6-10(16)14(12)17/h5-7,11,13,15,18H,3-4,8-9H2,1-2H3. The van der Waals surface area contributed by atoms with Crippen LogP contribution in [0.5, 0.6) is 5.75 Å². The Morgan fingerprint density at radius 1 is 1.30 bits per heavy atom. The highest BCUT2D eigenvalue weighted by atomic mass is 19.2. The van der Waals surface area contributed by atoms with E-state index in [4.69, 9.17) is 9.47 Å². The highest BCUT2D eigenvalue weighted by Gasteiger charge is 2.43. The Hall–Kier alpha value is -1.20. The van der Waals surface area contributed by atoms with Gasteiger partial charge in [0.1, 0.15) is 12.2 Å². The fourth-order valence-corrected chi connectivity index (χ4v) is 2.38. The van der Waals surface area contributed by atoms with Crippen molar-refractivity contribution in [3.05, 3.63) is 29.8 Å². The Labute approximate surface area is 118 Å². The van der Waals surface area contributed by atoms with Gasteiger partial charge >= 0.3 is 0 Å². The molecule has 0 spiro atoms. The lowest BCUT2D eigenvalue weighted by molar-refractivity contribution is -0.105. The van der Waals surface area contributed by atoms with E-state index in [1.165, 1.54) is 12.1 Å². The molecule has 5 heteroatoms. The smallest absolute Gasteiger partial charge is 0.200 e. The minimum Gasteiger partial charge on any atom is -0.484 e. The second kappa shape index (κ2) is 6.99. The normalized spacial score (nSPS) is 25.3. The summed E-state index contributed by atoms with van der Waals surface area (Å²) in [6.45, 7) is 5.49. The average molecular weight is 285 g/mol. The Kier molecular flexibility index (Phi) is 5.31. The second-order valence-electron chi connectivity index (χ2n) is 4.92. The Morgan fingerprint density at radius 3 is 2.80 bits per heavy atom. The molecule has 0 aromatic heterocycles. The highest BCUT2D eigenvalue weighted by molar-refractivity contribution is 5.26. The fraction of sp³-hybridized carbons (Fsp3) is 0.600. The molecule has 0 saturated heterocycles. The molecule has 1 N–H and O–H groups in total. The molecular formula is C15H21F2NO2. The number of benzene rings is 1. The van der Waals surface area contributed by atoms with Gasteiger partial charge in [-0.2, -0.15) is 4.39 Å². The van der Waals surface area contributed by atoms with Gasteiger partial charge in [-0.15, -0.1) is 0 Å². The zero-order valence-electron chi connectivity index (χ0n) is 11.9. The van der Waals surface area contributed by atoms with E-state index in [0.717, 1.165) is 25.5 Å². The van der Waals surface area contributed by atoms with Crippen molar-refractivity contribution in [2.45, 2.75) is 44.9 Å². The van der Waals surface area contributed by atoms with Crippen LogP contribution in [0.2, 0.25) is 0 Å². The van der Waals surface area contributed by atoms with Crippen LogP contribution in [0.1, 0.15) is 26.7 Å². The molecule has 3 unspecified atom stereocenters. The van der Waals surface area contributed by atoms with Crippen molar-refractivity contribution in [2.24, 2.45) is 0 Å². The minimum atomic E-state index is -0.937. The van der Waals surface area contributed by atoms with Crippen LogP contribution >= 0.6 is 0 Å². The molecule has 0 radical (unpaired) electrons. The lowest BCUT2D eigenvalue weighted by atomic mass is 9.85. The summed E-state index contributed by atoms with van der Waals surface area (Å²) in [7, 11) is 0. The summed E-state index contributed by atoms with van der Waals surface area (Å²) < 4.78 is 37.9. The molecule has 0 amide bonds. The van der Waals surface area contributed by atoms with Crippen LogP contribution in [0.4, 0.5) is 8.78 Å². The second-order valence-corrected chi connectivity index (χ2v) is 4.92. The first-order valence-electron chi connectivity index (χ1n) is 7.13. The molecular weight excluding hydrogens is 264 g/mol. The molecule has 3 atom stereocenters. The van der Waals surface area contributed by atoms with Crippen LogP contribution in [0, 0.1) is 11.6 Å². The van der Waals surface area contributed by atoms with Gasteiger partial charge in [-0.25, -0.2) is 4.39 Å². The lowest BCUT2D eigenvalue weighted by Crippen LogP contribution is -2.61. The van der Waals surface area contributed by atoms with Crippen LogP contribution in [-0.2, 0) is 4.74 Å². The quantitative estimate of drug-likeness (QED) is 0.835. The predicted molar refractivity (Wildman–Crippen MR) is 72.9 cm³/mol. The molecule has 1 aromatic rings. The van der Waals surface area contributed by atoms with Gasteiger partial charge in [0.25, 0.3) is 0 Å². The van der Waals surface area contributed by atoms with E-state index in [-0.39, 0.29) is 24.0 Å². The van der Waals surface area contributed by atoms with Crippen molar-refractivity contribution in [3.63, 3.8) is 0 Å². The van der Waals surface area contributed by atoms with E-state index >= 15 is 0 Å². The fourth-order valence-electron chi connectivity index (χ4n) is 2.38. The maximum absolute atomic E-state index is 13.6. The number of ether oxygens (including phenoxy) is 2. The molecule has 1 saturated carbocycles. The van der Waals surface area contributed by atoms with Gasteiger partial charge in [-0.1, -0.05) is 13.0 Å². The number of rotatable bonds is 7. The zero-order chi connectivity index (χ0) is 14.5. The number of halogens is 2. The first-order chi connectivity index (χ1) is 9.67. The van der Waals surface area contributed by atoms with Gasteiger partial charge < -0.3 is 14.8 Å². The van der Waals surface area contributed by atoms with Crippen molar-refractivity contribution < 1.29 is 18.3 Å². The average Bonchev–Trinajstić information content (AvgIpc) is 2.43. The summed E-state index contributed by atoms with van der Waals surface area (Å²) in [5, 5.41) is 3.37. The van der Waals surface area contributed by atoms with Crippen LogP contribution in [0.25, 0.3) is 0 Å². The highest BCUT2D eigenvalue weighted by Crippen LogP contribution is 2.31. The molecule has 0 aliphatic heterocycles. The molecule has 112 valence electrons. The topological polar surface area (TPSA) is 30.5 Å². The first kappa shape index (κ1) is 15.2. The van der Waals surface area contributed by atoms with Crippen LogP contribution < -0.4 is 10.1 Å². The minimum absolute atomic E-state index is 0.0476. The van der Waals surface area contributed by atoms with E-state index < -0.39 is 11.6 Å². The number of hydrogen-bond donors (Lipinski definition) is 1. The first-order valence-corrected chi connectivity index (χ1v) is 7.13. The summed E-state index contributed by atoms with van der Waals surface area (Å²) in [6, 6.07) is 4.18. The van der Waals surface area contributed by atoms with Gasteiger partial charge in [0, 0.05) is 19.1 Å². The number of nitrogens with one attached hydrogen (secondary N) is 1. The third kappa shape index (κ3) is 3.27. The van der Waals surface area contributed by atoms with Crippen LogP contribution in [0.3, 0.4) is 0 Å². The molecule has 20 heavy (non-hydrogen) atoms. The van der Waals surface area contributed by atoms with E-state index in [2.05, 4.69) is 12.2 Å². The van der Waals surface area contributed by atoms with E-state index in [0.29, 0.717) is 6.61 Å². The summed E-state index contributed by atoms with van der Waals surface area (Å²) in [4.78, 5) is 0. The lowest BCUT2D eigenvalue weighted by Gasteiger charge is -2.44. The van der Waals surface area contributed by atoms with E-state index in [1.807, 2.05) is 6.92 Å². The van der Waals surface area contributed by atoms with Gasteiger partial charge in [0.05, 0.1) is 0 Å². The molecule has 0 bridgehead atoms. The van der Waals surface area contributed by atoms with Crippen molar-refractivity contribution in [1.29, 1.82) is 0 Å². The van der Waals surface area contributed by atoms with Crippen molar-refractivity contribution in [3.8, 4) is 5.75 Å². The van der Waals surface area contributed by atoms with Gasteiger partial charge in [-0.05, 0) is 32.0 Å². The summed E-state index contributed by atoms with van der Waals surface area (Å²) in [6.07, 6.45) is 1.43. The summed E-state index contributed by atoms with van der Waals surface area (Å²) >= 11 is 0. The zero-order valence-corrected chi connectivity index (χ0v) is 11.9. The number of hydrogen-bond acceptors (Lipinski definition) is 3. The summed E-state index contributed by atoms with van der Waals surface area (Å²) in [5.74, 6) is -1.88. The maximum atomic E-state index is 13.6. The third-order valence-corrected chi connectivity index (χ3v) is 3.46. The molecule has 1 aliphatic rings. The van der Waals surface area contributed by atoms with Crippen molar-refractivity contribution in [2.75, 3.05) is 13.2 Å². The Bertz CT molecular complexity index is 442. The van der Waals surface area contributed by atoms with Crippen LogP contribution in [0.15, 0.2) is 18.2 Å². The van der Waals surface area contributed by atoms with Gasteiger partial charge in [0.2, 0.25) is 5.82 Å². The Morgan fingerprint density at radius 2 is 2.10 bits per heavy atom. The maximum Gasteiger partial charge on any atom is 0.200 e. The predicted octanol–water partition coefficient (Wildman–Crippen LogP) is 2.89. The molecule has 1 aliphatic carbocycles. The monoisotopic (exact) mass is 285 g/mol. The Balaban J connectivity index is 1.97.